The molecule has 2 aromatic heterocycles. The monoisotopic (exact) mass is 415 g/mol. The second-order valence-electron chi connectivity index (χ2n) is 6.53. The summed E-state index contributed by atoms with van der Waals surface area (Å²) in [5.74, 6) is 0.403. The number of hydrogen-bond donors (Lipinski definition) is 0. The highest BCUT2D eigenvalue weighted by molar-refractivity contribution is 7.21. The molecule has 1 fully saturated rings. The Balaban J connectivity index is 1.41. The Labute approximate surface area is 171 Å². The Morgan fingerprint density at radius 1 is 1.14 bits per heavy atom. The fourth-order valence-corrected chi connectivity index (χ4v) is 4.66. The molecule has 0 bridgehead atoms. The molecule has 1 aliphatic heterocycles. The summed E-state index contributed by atoms with van der Waals surface area (Å²) in [5.41, 5.74) is 0.972. The first-order valence-electron chi connectivity index (χ1n) is 8.87. The molecular formula is C20H18ClN3O3S. The average molecular weight is 416 g/mol. The minimum absolute atomic E-state index is 0.00454. The average Bonchev–Trinajstić information content (AvgIpc) is 3.04. The quantitative estimate of drug-likeness (QED) is 0.628. The Hall–Kier alpha value is -2.64. The van der Waals surface area contributed by atoms with Crippen molar-refractivity contribution in [3.8, 4) is 5.75 Å². The zero-order valence-corrected chi connectivity index (χ0v) is 16.8. The van der Waals surface area contributed by atoms with Gasteiger partial charge in [-0.3, -0.25) is 9.78 Å². The van der Waals surface area contributed by atoms with Crippen LogP contribution in [0.15, 0.2) is 42.7 Å². The zero-order chi connectivity index (χ0) is 19.7. The van der Waals surface area contributed by atoms with E-state index < -0.39 is 6.09 Å². The van der Waals surface area contributed by atoms with Crippen molar-refractivity contribution in [1.29, 1.82) is 0 Å². The van der Waals surface area contributed by atoms with Gasteiger partial charge in [-0.15, -0.1) is 11.3 Å². The lowest BCUT2D eigenvalue weighted by atomic mass is 10.1. The van der Waals surface area contributed by atoms with Crippen molar-refractivity contribution in [1.82, 2.24) is 14.8 Å². The van der Waals surface area contributed by atoms with E-state index in [-0.39, 0.29) is 5.91 Å². The third kappa shape index (κ3) is 3.68. The van der Waals surface area contributed by atoms with Crippen LogP contribution in [0.2, 0.25) is 5.02 Å². The first-order valence-corrected chi connectivity index (χ1v) is 10.1. The summed E-state index contributed by atoms with van der Waals surface area (Å²) in [6.07, 6.45) is 2.69. The van der Waals surface area contributed by atoms with E-state index in [0.717, 1.165) is 20.5 Å². The van der Waals surface area contributed by atoms with Crippen LogP contribution in [0.3, 0.4) is 0 Å². The van der Waals surface area contributed by atoms with Crippen molar-refractivity contribution in [3.05, 3.63) is 58.2 Å². The number of thiophene rings is 1. The maximum absolute atomic E-state index is 13.0. The van der Waals surface area contributed by atoms with Crippen LogP contribution >= 0.6 is 22.9 Å². The molecule has 8 heteroatoms. The van der Waals surface area contributed by atoms with E-state index >= 15 is 0 Å². The number of aryl methyl sites for hydroxylation is 1. The molecule has 4 rings (SSSR count). The fourth-order valence-electron chi connectivity index (χ4n) is 3.21. The molecular weight excluding hydrogens is 398 g/mol. The number of carbonyl (C=O) groups excluding carboxylic acids is 2. The maximum atomic E-state index is 13.0. The van der Waals surface area contributed by atoms with Gasteiger partial charge in [-0.2, -0.15) is 0 Å². The third-order valence-corrected chi connectivity index (χ3v) is 6.24. The van der Waals surface area contributed by atoms with E-state index in [0.29, 0.717) is 37.0 Å². The minimum Gasteiger partial charge on any atom is -0.409 e. The van der Waals surface area contributed by atoms with E-state index in [1.165, 1.54) is 17.5 Å². The first-order chi connectivity index (χ1) is 13.5. The molecule has 0 saturated carbocycles. The van der Waals surface area contributed by atoms with Gasteiger partial charge in [0.05, 0.1) is 11.1 Å². The standard InChI is InChI=1S/C20H18ClN3O3S/c1-13-16-5-4-14(21)11-17(16)28-18(13)19(25)23-7-9-24(10-8-23)20(26)27-15-3-2-6-22-12-15/h2-6,11-12H,7-10H2,1H3. The molecule has 3 aromatic rings. The van der Waals surface area contributed by atoms with Crippen molar-refractivity contribution in [2.24, 2.45) is 0 Å². The number of amides is 2. The van der Waals surface area contributed by atoms with Crippen LogP contribution in [0.5, 0.6) is 5.75 Å². The molecule has 0 N–H and O–H groups in total. The number of rotatable bonds is 2. The number of fused-ring (bicyclic) bond motifs is 1. The van der Waals surface area contributed by atoms with Gasteiger partial charge in [0.1, 0.15) is 0 Å². The number of nitrogens with zero attached hydrogens (tertiary/aromatic N) is 3. The molecule has 1 aromatic carbocycles. The largest absolute Gasteiger partial charge is 0.415 e. The summed E-state index contributed by atoms with van der Waals surface area (Å²) in [7, 11) is 0. The van der Waals surface area contributed by atoms with Gasteiger partial charge in [0.15, 0.2) is 5.75 Å². The highest BCUT2D eigenvalue weighted by Gasteiger charge is 2.28. The highest BCUT2D eigenvalue weighted by Crippen LogP contribution is 2.33. The molecule has 0 atom stereocenters. The lowest BCUT2D eigenvalue weighted by Crippen LogP contribution is -2.51. The van der Waals surface area contributed by atoms with E-state index in [4.69, 9.17) is 16.3 Å². The van der Waals surface area contributed by atoms with Gasteiger partial charge in [0, 0.05) is 42.1 Å². The van der Waals surface area contributed by atoms with Gasteiger partial charge in [0.2, 0.25) is 0 Å². The Morgan fingerprint density at radius 2 is 1.89 bits per heavy atom. The summed E-state index contributed by atoms with van der Waals surface area (Å²) in [6, 6.07) is 9.07. The van der Waals surface area contributed by atoms with Crippen molar-refractivity contribution < 1.29 is 14.3 Å². The van der Waals surface area contributed by atoms with Gasteiger partial charge in [-0.1, -0.05) is 17.7 Å². The molecule has 1 aliphatic rings. The van der Waals surface area contributed by atoms with Crippen LogP contribution in [0, 0.1) is 6.92 Å². The first kappa shape index (κ1) is 18.7. The Bertz CT molecular complexity index is 1030. The van der Waals surface area contributed by atoms with E-state index in [1.807, 2.05) is 25.1 Å². The molecule has 144 valence electrons. The molecule has 0 radical (unpaired) electrons. The minimum atomic E-state index is -0.423. The summed E-state index contributed by atoms with van der Waals surface area (Å²) in [4.78, 5) is 33.3. The van der Waals surface area contributed by atoms with Crippen LogP contribution in [0.25, 0.3) is 10.1 Å². The molecule has 1 saturated heterocycles. The molecule has 3 heterocycles. The van der Waals surface area contributed by atoms with Crippen LogP contribution in [0.4, 0.5) is 4.79 Å². The van der Waals surface area contributed by atoms with E-state index in [1.54, 1.807) is 28.1 Å². The topological polar surface area (TPSA) is 62.7 Å². The normalized spacial score (nSPS) is 14.4. The van der Waals surface area contributed by atoms with Crippen LogP contribution in [-0.2, 0) is 0 Å². The Morgan fingerprint density at radius 3 is 2.61 bits per heavy atom. The van der Waals surface area contributed by atoms with Crippen LogP contribution < -0.4 is 4.74 Å². The lowest BCUT2D eigenvalue weighted by molar-refractivity contribution is 0.0637. The number of piperazine rings is 1. The van der Waals surface area contributed by atoms with E-state index in [9.17, 15) is 9.59 Å². The molecule has 0 unspecified atom stereocenters. The molecule has 0 aliphatic carbocycles. The second kappa shape index (κ2) is 7.77. The van der Waals surface area contributed by atoms with Crippen LogP contribution in [0.1, 0.15) is 15.2 Å². The SMILES string of the molecule is Cc1c(C(=O)N2CCN(C(=O)Oc3cccnc3)CC2)sc2cc(Cl)ccc12. The number of halogens is 1. The van der Waals surface area contributed by atoms with Gasteiger partial charge < -0.3 is 14.5 Å². The van der Waals surface area contributed by atoms with Crippen molar-refractivity contribution in [2.75, 3.05) is 26.2 Å². The number of benzene rings is 1. The van der Waals surface area contributed by atoms with Crippen molar-refractivity contribution in [3.63, 3.8) is 0 Å². The van der Waals surface area contributed by atoms with Crippen molar-refractivity contribution in [2.45, 2.75) is 6.92 Å². The number of carbonyl (C=O) groups is 2. The number of aromatic nitrogens is 1. The maximum Gasteiger partial charge on any atom is 0.415 e. The predicted molar refractivity (Wildman–Crippen MR) is 109 cm³/mol. The van der Waals surface area contributed by atoms with Gasteiger partial charge in [0.25, 0.3) is 5.91 Å². The Kier molecular flexibility index (Phi) is 5.19. The summed E-state index contributed by atoms with van der Waals surface area (Å²) in [6.45, 7) is 3.76. The third-order valence-electron chi connectivity index (χ3n) is 4.76. The number of pyridine rings is 1. The van der Waals surface area contributed by atoms with E-state index in [2.05, 4.69) is 4.98 Å². The fraction of sp³-hybridized carbons (Fsp3) is 0.250. The molecule has 2 amide bonds. The molecule has 0 spiro atoms. The number of hydrogen-bond acceptors (Lipinski definition) is 5. The van der Waals surface area contributed by atoms with Crippen molar-refractivity contribution >= 4 is 45.0 Å². The van der Waals surface area contributed by atoms with Crippen LogP contribution in [-0.4, -0.2) is 53.0 Å². The smallest absolute Gasteiger partial charge is 0.409 e. The second-order valence-corrected chi connectivity index (χ2v) is 8.02. The highest BCUT2D eigenvalue weighted by atomic mass is 35.5. The molecule has 6 nitrogen and oxygen atoms in total. The van der Waals surface area contributed by atoms with Gasteiger partial charge in [-0.25, -0.2) is 4.79 Å². The summed E-state index contributed by atoms with van der Waals surface area (Å²) < 4.78 is 6.32. The van der Waals surface area contributed by atoms with Gasteiger partial charge >= 0.3 is 6.09 Å². The predicted octanol–water partition coefficient (Wildman–Crippen LogP) is 4.21. The van der Waals surface area contributed by atoms with Gasteiger partial charge in [-0.05, 0) is 42.1 Å². The zero-order valence-electron chi connectivity index (χ0n) is 15.2. The molecule has 28 heavy (non-hydrogen) atoms. The number of ether oxygens (including phenoxy) is 1. The lowest BCUT2D eigenvalue weighted by Gasteiger charge is -2.33. The summed E-state index contributed by atoms with van der Waals surface area (Å²) >= 11 is 7.53. The summed E-state index contributed by atoms with van der Waals surface area (Å²) in [5, 5.41) is 1.71.